The molecule has 5 nitrogen and oxygen atoms in total. The Bertz CT molecular complexity index is 350. The van der Waals surface area contributed by atoms with Gasteiger partial charge in [0.05, 0.1) is 5.69 Å². The first-order chi connectivity index (χ1) is 6.11. The SMILES string of the molecule is O=C(O)C(=O)C=C(O)c1ccc[nH]1. The number of aliphatic carboxylic acids is 1. The zero-order chi connectivity index (χ0) is 9.84. The van der Waals surface area contributed by atoms with E-state index in [1.54, 1.807) is 12.3 Å². The van der Waals surface area contributed by atoms with E-state index in [1.807, 2.05) is 0 Å². The first kappa shape index (κ1) is 9.05. The first-order valence-electron chi connectivity index (χ1n) is 3.43. The second kappa shape index (κ2) is 3.57. The number of hydrogen-bond acceptors (Lipinski definition) is 3. The van der Waals surface area contributed by atoms with Crippen molar-refractivity contribution < 1.29 is 19.8 Å². The van der Waals surface area contributed by atoms with Crippen LogP contribution >= 0.6 is 0 Å². The number of aromatic amines is 1. The van der Waals surface area contributed by atoms with Gasteiger partial charge in [0.15, 0.2) is 0 Å². The lowest BCUT2D eigenvalue weighted by molar-refractivity contribution is -0.146. The van der Waals surface area contributed by atoms with Gasteiger partial charge >= 0.3 is 5.97 Å². The van der Waals surface area contributed by atoms with Gasteiger partial charge in [-0.1, -0.05) is 0 Å². The molecule has 3 N–H and O–H groups in total. The van der Waals surface area contributed by atoms with E-state index < -0.39 is 17.5 Å². The number of aliphatic hydroxyl groups is 1. The van der Waals surface area contributed by atoms with Crippen LogP contribution in [0.3, 0.4) is 0 Å². The Morgan fingerprint density at radius 3 is 2.54 bits per heavy atom. The number of rotatable bonds is 3. The van der Waals surface area contributed by atoms with Gasteiger partial charge < -0.3 is 15.2 Å². The zero-order valence-corrected chi connectivity index (χ0v) is 6.52. The highest BCUT2D eigenvalue weighted by Crippen LogP contribution is 2.07. The largest absolute Gasteiger partial charge is 0.506 e. The molecule has 0 unspecified atom stereocenters. The van der Waals surface area contributed by atoms with Crippen LogP contribution in [0.15, 0.2) is 24.4 Å². The van der Waals surface area contributed by atoms with Gasteiger partial charge in [-0.3, -0.25) is 4.79 Å². The Hall–Kier alpha value is -2.04. The fraction of sp³-hybridized carbons (Fsp3) is 0. The summed E-state index contributed by atoms with van der Waals surface area (Å²) in [5, 5.41) is 17.4. The highest BCUT2D eigenvalue weighted by atomic mass is 16.4. The number of nitrogens with one attached hydrogen (secondary N) is 1. The molecule has 0 bridgehead atoms. The molecule has 1 heterocycles. The third kappa shape index (κ3) is 2.19. The summed E-state index contributed by atoms with van der Waals surface area (Å²) >= 11 is 0. The van der Waals surface area contributed by atoms with Crippen LogP contribution in [0.25, 0.3) is 5.76 Å². The molecular weight excluding hydrogens is 174 g/mol. The molecule has 0 saturated heterocycles. The number of carbonyl (C=O) groups excluding carboxylic acids is 1. The number of ketones is 1. The van der Waals surface area contributed by atoms with E-state index in [0.717, 1.165) is 0 Å². The van der Waals surface area contributed by atoms with E-state index in [1.165, 1.54) is 6.07 Å². The normalized spacial score (nSPS) is 11.2. The molecular formula is C8H7NO4. The van der Waals surface area contributed by atoms with Crippen LogP contribution in [0.2, 0.25) is 0 Å². The third-order valence-electron chi connectivity index (χ3n) is 1.35. The molecule has 0 aliphatic heterocycles. The molecule has 0 aliphatic rings. The summed E-state index contributed by atoms with van der Waals surface area (Å²) in [5.41, 5.74) is 0.301. The van der Waals surface area contributed by atoms with Crippen molar-refractivity contribution in [3.8, 4) is 0 Å². The number of carboxylic acid groups (broad SMARTS) is 1. The van der Waals surface area contributed by atoms with Gasteiger partial charge in [-0.05, 0) is 12.1 Å². The van der Waals surface area contributed by atoms with Gasteiger partial charge in [0.1, 0.15) is 5.76 Å². The minimum absolute atomic E-state index is 0.301. The molecule has 0 radical (unpaired) electrons. The van der Waals surface area contributed by atoms with E-state index in [-0.39, 0.29) is 0 Å². The molecule has 0 atom stereocenters. The van der Waals surface area contributed by atoms with Crippen LogP contribution < -0.4 is 0 Å². The Balaban J connectivity index is 2.84. The van der Waals surface area contributed by atoms with Gasteiger partial charge in [-0.2, -0.15) is 0 Å². The number of carbonyl (C=O) groups is 2. The minimum Gasteiger partial charge on any atom is -0.506 e. The minimum atomic E-state index is -1.60. The van der Waals surface area contributed by atoms with Crippen molar-refractivity contribution in [3.05, 3.63) is 30.1 Å². The van der Waals surface area contributed by atoms with Crippen LogP contribution in [0.1, 0.15) is 5.69 Å². The molecule has 0 aromatic carbocycles. The zero-order valence-electron chi connectivity index (χ0n) is 6.52. The molecule has 1 aromatic heterocycles. The number of hydrogen-bond donors (Lipinski definition) is 3. The maximum atomic E-state index is 10.6. The standard InChI is InChI=1S/C8H7NO4/c10-6(4-7(11)8(12)13)5-2-1-3-9-5/h1-4,9-10H,(H,12,13). The van der Waals surface area contributed by atoms with Gasteiger partial charge in [-0.15, -0.1) is 0 Å². The topological polar surface area (TPSA) is 90.4 Å². The summed E-state index contributed by atoms with van der Waals surface area (Å²) in [6.07, 6.45) is 2.19. The Morgan fingerprint density at radius 2 is 2.08 bits per heavy atom. The second-order valence-corrected chi connectivity index (χ2v) is 2.28. The second-order valence-electron chi connectivity index (χ2n) is 2.28. The first-order valence-corrected chi connectivity index (χ1v) is 3.43. The summed E-state index contributed by atoms with van der Waals surface area (Å²) < 4.78 is 0. The van der Waals surface area contributed by atoms with E-state index >= 15 is 0 Å². The van der Waals surface area contributed by atoms with Crippen molar-refractivity contribution in [3.63, 3.8) is 0 Å². The average Bonchev–Trinajstić information content (AvgIpc) is 2.55. The van der Waals surface area contributed by atoms with Crippen molar-refractivity contribution >= 4 is 17.5 Å². The third-order valence-corrected chi connectivity index (χ3v) is 1.35. The maximum absolute atomic E-state index is 10.6. The van der Waals surface area contributed by atoms with Crippen LogP contribution in [0.5, 0.6) is 0 Å². The molecule has 0 fully saturated rings. The van der Waals surface area contributed by atoms with Gasteiger partial charge in [0.25, 0.3) is 5.78 Å². The molecule has 0 amide bonds. The molecule has 68 valence electrons. The molecule has 0 spiro atoms. The van der Waals surface area contributed by atoms with Gasteiger partial charge in [0, 0.05) is 12.3 Å². The van der Waals surface area contributed by atoms with E-state index in [9.17, 15) is 14.7 Å². The lowest BCUT2D eigenvalue weighted by Crippen LogP contribution is -2.09. The van der Waals surface area contributed by atoms with E-state index in [4.69, 9.17) is 5.11 Å². The van der Waals surface area contributed by atoms with Crippen LogP contribution in [-0.4, -0.2) is 26.9 Å². The summed E-state index contributed by atoms with van der Waals surface area (Å²) in [6.45, 7) is 0. The summed E-state index contributed by atoms with van der Waals surface area (Å²) in [7, 11) is 0. The maximum Gasteiger partial charge on any atom is 0.376 e. The monoisotopic (exact) mass is 181 g/mol. The summed E-state index contributed by atoms with van der Waals surface area (Å²) in [5.74, 6) is -3.15. The summed E-state index contributed by atoms with van der Waals surface area (Å²) in [6, 6.07) is 3.13. The van der Waals surface area contributed by atoms with Crippen molar-refractivity contribution in [1.82, 2.24) is 4.98 Å². The number of carboxylic acids is 1. The molecule has 1 aromatic rings. The molecule has 13 heavy (non-hydrogen) atoms. The highest BCUT2D eigenvalue weighted by Gasteiger charge is 2.10. The van der Waals surface area contributed by atoms with Crippen molar-refractivity contribution in [2.45, 2.75) is 0 Å². The van der Waals surface area contributed by atoms with Crippen molar-refractivity contribution in [2.24, 2.45) is 0 Å². The van der Waals surface area contributed by atoms with Gasteiger partial charge in [0.2, 0.25) is 0 Å². The van der Waals surface area contributed by atoms with Crippen LogP contribution in [0.4, 0.5) is 0 Å². The number of H-pyrrole nitrogens is 1. The number of aromatic nitrogens is 1. The average molecular weight is 181 g/mol. The lowest BCUT2D eigenvalue weighted by Gasteiger charge is -1.93. The predicted molar refractivity (Wildman–Crippen MR) is 44.0 cm³/mol. The van der Waals surface area contributed by atoms with Crippen LogP contribution in [-0.2, 0) is 9.59 Å². The molecule has 5 heteroatoms. The Kier molecular flexibility index (Phi) is 2.49. The Labute approximate surface area is 73.3 Å². The van der Waals surface area contributed by atoms with Crippen molar-refractivity contribution in [1.29, 1.82) is 0 Å². The molecule has 0 aliphatic carbocycles. The van der Waals surface area contributed by atoms with E-state index in [2.05, 4.69) is 4.98 Å². The van der Waals surface area contributed by atoms with Crippen LogP contribution in [0, 0.1) is 0 Å². The molecule has 0 saturated carbocycles. The smallest absolute Gasteiger partial charge is 0.376 e. The lowest BCUT2D eigenvalue weighted by atomic mass is 10.3. The van der Waals surface area contributed by atoms with E-state index in [0.29, 0.717) is 11.8 Å². The fourth-order valence-electron chi connectivity index (χ4n) is 0.753. The quantitative estimate of drug-likeness (QED) is 0.361. The van der Waals surface area contributed by atoms with Gasteiger partial charge in [-0.25, -0.2) is 4.79 Å². The highest BCUT2D eigenvalue weighted by molar-refractivity contribution is 6.38. The van der Waals surface area contributed by atoms with Crippen molar-refractivity contribution in [2.75, 3.05) is 0 Å². The Morgan fingerprint density at radius 1 is 1.38 bits per heavy atom. The predicted octanol–water partition coefficient (Wildman–Crippen LogP) is 0.567. The molecule has 1 rings (SSSR count). The summed E-state index contributed by atoms with van der Waals surface area (Å²) in [4.78, 5) is 23.3. The number of aliphatic hydroxyl groups excluding tert-OH is 1. The fourth-order valence-corrected chi connectivity index (χ4v) is 0.753.